The molecule has 0 bridgehead atoms. The second-order valence-electron chi connectivity index (χ2n) is 7.78. The Hall–Kier alpha value is -2.93. The van der Waals surface area contributed by atoms with Crippen molar-refractivity contribution in [3.05, 3.63) is 53.8 Å². The van der Waals surface area contributed by atoms with Gasteiger partial charge in [0.15, 0.2) is 5.82 Å². The zero-order valence-electron chi connectivity index (χ0n) is 19.1. The van der Waals surface area contributed by atoms with E-state index in [0.29, 0.717) is 11.6 Å². The molecular formula is C24H35N4O3+. The summed E-state index contributed by atoms with van der Waals surface area (Å²) >= 11 is 0. The number of carbonyl (C=O) groups excluding carboxylic acids is 2. The van der Waals surface area contributed by atoms with Crippen LogP contribution in [-0.4, -0.2) is 54.1 Å². The van der Waals surface area contributed by atoms with E-state index in [4.69, 9.17) is 4.52 Å². The lowest BCUT2D eigenvalue weighted by Crippen LogP contribution is -3.11. The average Bonchev–Trinajstić information content (AvgIpc) is 3.18. The SMILES string of the molecule is CC[NH+](CC)CCC[C@@H](C)N(CC(=O)Nc1cc(C)on1)C(=O)/C=C/c1ccccc1. The maximum absolute atomic E-state index is 13.0. The first-order chi connectivity index (χ1) is 14.9. The van der Waals surface area contributed by atoms with Gasteiger partial charge < -0.3 is 19.6 Å². The van der Waals surface area contributed by atoms with Crippen LogP contribution in [0.1, 0.15) is 44.9 Å². The standard InChI is InChI=1S/C24H34N4O3/c1-5-27(6-2)16-10-11-19(3)28(18-23(29)25-22-17-20(4)31-26-22)24(30)15-14-21-12-8-7-9-13-21/h7-9,12-15,17,19H,5-6,10-11,16,18H2,1-4H3,(H,25,26,29)/p+1/b15-14+/t19-/m1/s1. The number of hydrogen-bond acceptors (Lipinski definition) is 4. The molecule has 0 aliphatic carbocycles. The fourth-order valence-electron chi connectivity index (χ4n) is 3.45. The van der Waals surface area contributed by atoms with Gasteiger partial charge in [-0.3, -0.25) is 9.59 Å². The normalized spacial score (nSPS) is 12.3. The third-order valence-electron chi connectivity index (χ3n) is 5.39. The number of nitrogens with one attached hydrogen (secondary N) is 2. The van der Waals surface area contributed by atoms with Gasteiger partial charge in [0.05, 0.1) is 19.6 Å². The summed E-state index contributed by atoms with van der Waals surface area (Å²) < 4.78 is 4.99. The molecule has 31 heavy (non-hydrogen) atoms. The largest absolute Gasteiger partial charge is 0.360 e. The lowest BCUT2D eigenvalue weighted by Gasteiger charge is -2.28. The molecule has 1 heterocycles. The van der Waals surface area contributed by atoms with Crippen LogP contribution in [0, 0.1) is 6.92 Å². The molecule has 0 unspecified atom stereocenters. The van der Waals surface area contributed by atoms with Gasteiger partial charge in [0.25, 0.3) is 0 Å². The van der Waals surface area contributed by atoms with Crippen molar-refractivity contribution in [1.82, 2.24) is 10.1 Å². The number of carbonyl (C=O) groups is 2. The van der Waals surface area contributed by atoms with Gasteiger partial charge in [-0.1, -0.05) is 35.5 Å². The monoisotopic (exact) mass is 427 g/mol. The number of anilines is 1. The highest BCUT2D eigenvalue weighted by atomic mass is 16.5. The molecule has 0 fully saturated rings. The molecule has 1 atom stereocenters. The molecule has 2 rings (SSSR count). The van der Waals surface area contributed by atoms with Crippen molar-refractivity contribution in [2.24, 2.45) is 0 Å². The summed E-state index contributed by atoms with van der Waals surface area (Å²) in [6.45, 7) is 11.3. The minimum Gasteiger partial charge on any atom is -0.360 e. The van der Waals surface area contributed by atoms with Crippen LogP contribution in [0.2, 0.25) is 0 Å². The minimum absolute atomic E-state index is 0.0385. The number of amides is 2. The van der Waals surface area contributed by atoms with Crippen molar-refractivity contribution >= 4 is 23.7 Å². The van der Waals surface area contributed by atoms with E-state index in [1.165, 1.54) is 11.0 Å². The van der Waals surface area contributed by atoms with Crippen LogP contribution >= 0.6 is 0 Å². The summed E-state index contributed by atoms with van der Waals surface area (Å²) in [5, 5.41) is 6.49. The molecule has 2 amide bonds. The summed E-state index contributed by atoms with van der Waals surface area (Å²) in [4.78, 5) is 28.7. The van der Waals surface area contributed by atoms with Gasteiger partial charge in [0.1, 0.15) is 12.3 Å². The van der Waals surface area contributed by atoms with Crippen molar-refractivity contribution < 1.29 is 19.0 Å². The quantitative estimate of drug-likeness (QED) is 0.510. The van der Waals surface area contributed by atoms with Crippen LogP contribution in [-0.2, 0) is 9.59 Å². The Bertz CT molecular complexity index is 844. The summed E-state index contributed by atoms with van der Waals surface area (Å²) in [6, 6.07) is 11.2. The Labute approximate surface area is 185 Å². The summed E-state index contributed by atoms with van der Waals surface area (Å²) in [7, 11) is 0. The van der Waals surface area contributed by atoms with E-state index in [1.54, 1.807) is 24.0 Å². The third kappa shape index (κ3) is 8.38. The molecule has 0 aliphatic rings. The first kappa shape index (κ1) is 24.3. The molecule has 1 aromatic carbocycles. The lowest BCUT2D eigenvalue weighted by atomic mass is 10.1. The van der Waals surface area contributed by atoms with Crippen LogP contribution in [0.25, 0.3) is 6.08 Å². The fourth-order valence-corrected chi connectivity index (χ4v) is 3.45. The van der Waals surface area contributed by atoms with Gasteiger partial charge >= 0.3 is 0 Å². The Kier molecular flexibility index (Phi) is 9.97. The van der Waals surface area contributed by atoms with Gasteiger partial charge in [0, 0.05) is 18.2 Å². The topological polar surface area (TPSA) is 79.9 Å². The van der Waals surface area contributed by atoms with E-state index in [0.717, 1.165) is 38.0 Å². The van der Waals surface area contributed by atoms with E-state index in [9.17, 15) is 9.59 Å². The van der Waals surface area contributed by atoms with Crippen molar-refractivity contribution in [3.63, 3.8) is 0 Å². The zero-order valence-corrected chi connectivity index (χ0v) is 19.1. The van der Waals surface area contributed by atoms with Crippen LogP contribution in [0.5, 0.6) is 0 Å². The molecule has 0 aliphatic heterocycles. The summed E-state index contributed by atoms with van der Waals surface area (Å²) in [5.41, 5.74) is 0.941. The summed E-state index contributed by atoms with van der Waals surface area (Å²) in [5.74, 6) is 0.489. The van der Waals surface area contributed by atoms with Gasteiger partial charge in [-0.2, -0.15) is 0 Å². The van der Waals surface area contributed by atoms with Crippen LogP contribution in [0.15, 0.2) is 47.0 Å². The first-order valence-corrected chi connectivity index (χ1v) is 11.0. The molecule has 0 saturated heterocycles. The Morgan fingerprint density at radius 3 is 2.55 bits per heavy atom. The predicted molar refractivity (Wildman–Crippen MR) is 123 cm³/mol. The van der Waals surface area contributed by atoms with E-state index in [-0.39, 0.29) is 24.4 Å². The second kappa shape index (κ2) is 12.7. The Balaban J connectivity index is 2.04. The van der Waals surface area contributed by atoms with E-state index in [1.807, 2.05) is 37.3 Å². The Morgan fingerprint density at radius 1 is 1.23 bits per heavy atom. The molecule has 0 saturated carbocycles. The van der Waals surface area contributed by atoms with Gasteiger partial charge in [0.2, 0.25) is 11.8 Å². The van der Waals surface area contributed by atoms with Crippen LogP contribution < -0.4 is 10.2 Å². The molecular weight excluding hydrogens is 392 g/mol. The third-order valence-corrected chi connectivity index (χ3v) is 5.39. The maximum atomic E-state index is 13.0. The fraction of sp³-hybridized carbons (Fsp3) is 0.458. The number of aryl methyl sites for hydroxylation is 1. The van der Waals surface area contributed by atoms with Gasteiger partial charge in [-0.05, 0) is 52.2 Å². The van der Waals surface area contributed by atoms with Crippen LogP contribution in [0.3, 0.4) is 0 Å². The van der Waals surface area contributed by atoms with Crippen molar-refractivity contribution in [3.8, 4) is 0 Å². The molecule has 2 aromatic rings. The molecule has 1 aromatic heterocycles. The highest BCUT2D eigenvalue weighted by Gasteiger charge is 2.22. The van der Waals surface area contributed by atoms with Crippen molar-refractivity contribution in [1.29, 1.82) is 0 Å². The number of nitrogens with zero attached hydrogens (tertiary/aromatic N) is 2. The number of hydrogen-bond donors (Lipinski definition) is 2. The highest BCUT2D eigenvalue weighted by Crippen LogP contribution is 2.11. The van der Waals surface area contributed by atoms with Crippen LogP contribution in [0.4, 0.5) is 5.82 Å². The van der Waals surface area contributed by atoms with E-state index < -0.39 is 0 Å². The number of benzene rings is 1. The second-order valence-corrected chi connectivity index (χ2v) is 7.78. The Morgan fingerprint density at radius 2 is 1.94 bits per heavy atom. The number of rotatable bonds is 12. The molecule has 7 heteroatoms. The van der Waals surface area contributed by atoms with Crippen molar-refractivity contribution in [2.75, 3.05) is 31.5 Å². The molecule has 0 radical (unpaired) electrons. The molecule has 7 nitrogen and oxygen atoms in total. The number of aromatic nitrogens is 1. The molecule has 168 valence electrons. The maximum Gasteiger partial charge on any atom is 0.247 e. The van der Waals surface area contributed by atoms with E-state index in [2.05, 4.69) is 24.3 Å². The van der Waals surface area contributed by atoms with Gasteiger partial charge in [-0.25, -0.2) is 0 Å². The van der Waals surface area contributed by atoms with Gasteiger partial charge in [-0.15, -0.1) is 0 Å². The zero-order chi connectivity index (χ0) is 22.6. The molecule has 2 N–H and O–H groups in total. The summed E-state index contributed by atoms with van der Waals surface area (Å²) in [6.07, 6.45) is 5.15. The average molecular weight is 428 g/mol. The minimum atomic E-state index is -0.295. The lowest BCUT2D eigenvalue weighted by molar-refractivity contribution is -0.896. The smallest absolute Gasteiger partial charge is 0.247 e. The first-order valence-electron chi connectivity index (χ1n) is 11.0. The highest BCUT2D eigenvalue weighted by molar-refractivity contribution is 5.97. The number of quaternary nitrogens is 1. The van der Waals surface area contributed by atoms with Crippen molar-refractivity contribution in [2.45, 2.75) is 46.6 Å². The molecule has 0 spiro atoms. The van der Waals surface area contributed by atoms with E-state index >= 15 is 0 Å². The predicted octanol–water partition coefficient (Wildman–Crippen LogP) is 2.56.